The molecule has 1 N–H and O–H groups in total. The number of piperidine rings is 1. The second-order valence-electron chi connectivity index (χ2n) is 8.46. The molecule has 2 heterocycles. The monoisotopic (exact) mass is 375 g/mol. The maximum Gasteiger partial charge on any atom is 0.248 e. The highest BCUT2D eigenvalue weighted by atomic mass is 16.5. The summed E-state index contributed by atoms with van der Waals surface area (Å²) in [5.41, 5.74) is 2.55. The average Bonchev–Trinajstić information content (AvgIpc) is 2.99. The molecule has 1 amide bonds. The van der Waals surface area contributed by atoms with Gasteiger partial charge in [-0.1, -0.05) is 13.8 Å². The summed E-state index contributed by atoms with van der Waals surface area (Å²) < 4.78 is 5.01. The summed E-state index contributed by atoms with van der Waals surface area (Å²) in [4.78, 5) is 25.8. The van der Waals surface area contributed by atoms with Gasteiger partial charge in [0.15, 0.2) is 0 Å². The molecule has 0 atom stereocenters. The molecule has 0 radical (unpaired) electrons. The lowest BCUT2D eigenvalue weighted by Crippen LogP contribution is -2.45. The number of carbonyl (C=O) groups is 1. The predicted molar refractivity (Wildman–Crippen MR) is 107 cm³/mol. The van der Waals surface area contributed by atoms with Crippen molar-refractivity contribution in [2.75, 3.05) is 57.7 Å². The van der Waals surface area contributed by atoms with E-state index in [4.69, 9.17) is 14.7 Å². The lowest BCUT2D eigenvalue weighted by Gasteiger charge is -2.39. The van der Waals surface area contributed by atoms with Crippen LogP contribution in [-0.4, -0.2) is 68.2 Å². The highest BCUT2D eigenvalue weighted by Gasteiger charge is 2.44. The number of fused-ring (bicyclic) bond motifs is 2. The number of likely N-dealkylation sites (tertiary alicyclic amines) is 1. The molecule has 1 aliphatic heterocycles. The van der Waals surface area contributed by atoms with Crippen LogP contribution >= 0.6 is 0 Å². The van der Waals surface area contributed by atoms with Crippen LogP contribution in [0.15, 0.2) is 0 Å². The molecule has 3 rings (SSSR count). The Morgan fingerprint density at radius 2 is 1.96 bits per heavy atom. The maximum absolute atomic E-state index is 12.2. The summed E-state index contributed by atoms with van der Waals surface area (Å²) in [6, 6.07) is 0. The van der Waals surface area contributed by atoms with Crippen molar-refractivity contribution >= 4 is 17.7 Å². The van der Waals surface area contributed by atoms with Crippen LogP contribution in [0.4, 0.5) is 11.8 Å². The van der Waals surface area contributed by atoms with Gasteiger partial charge in [-0.2, -0.15) is 4.98 Å². The third-order valence-electron chi connectivity index (χ3n) is 5.77. The standard InChI is InChI=1S/C20H33N5O2/c1-14(2)12-21-18-15-6-7-20(17(15)22-19(23-18)24(3)4)8-10-25(11-9-20)16(26)13-27-5/h14H,6-13H2,1-5H3,(H,21,22,23). The molecule has 0 bridgehead atoms. The quantitative estimate of drug-likeness (QED) is 0.821. The third kappa shape index (κ3) is 4.03. The zero-order chi connectivity index (χ0) is 19.6. The number of carbonyl (C=O) groups excluding carboxylic acids is 1. The summed E-state index contributed by atoms with van der Waals surface area (Å²) in [6.07, 6.45) is 4.03. The summed E-state index contributed by atoms with van der Waals surface area (Å²) in [5, 5.41) is 3.55. The van der Waals surface area contributed by atoms with Gasteiger partial charge in [0.1, 0.15) is 12.4 Å². The van der Waals surface area contributed by atoms with Crippen molar-refractivity contribution in [1.29, 1.82) is 0 Å². The first-order valence-corrected chi connectivity index (χ1v) is 9.95. The van der Waals surface area contributed by atoms with Gasteiger partial charge in [-0.25, -0.2) is 4.98 Å². The van der Waals surface area contributed by atoms with Crippen molar-refractivity contribution in [2.45, 2.75) is 44.9 Å². The van der Waals surface area contributed by atoms with E-state index in [-0.39, 0.29) is 17.9 Å². The van der Waals surface area contributed by atoms with Crippen molar-refractivity contribution in [3.8, 4) is 0 Å². The Balaban J connectivity index is 1.86. The van der Waals surface area contributed by atoms with E-state index < -0.39 is 0 Å². The molecular formula is C20H33N5O2. The van der Waals surface area contributed by atoms with E-state index in [2.05, 4.69) is 19.2 Å². The lowest BCUT2D eigenvalue weighted by atomic mass is 9.76. The van der Waals surface area contributed by atoms with Gasteiger partial charge in [0.25, 0.3) is 0 Å². The fourth-order valence-electron chi connectivity index (χ4n) is 4.16. The van der Waals surface area contributed by atoms with Crippen molar-refractivity contribution < 1.29 is 9.53 Å². The molecule has 0 saturated carbocycles. The van der Waals surface area contributed by atoms with Crippen LogP contribution in [0, 0.1) is 5.92 Å². The number of methoxy groups -OCH3 is 1. The zero-order valence-corrected chi connectivity index (χ0v) is 17.3. The topological polar surface area (TPSA) is 70.6 Å². The highest BCUT2D eigenvalue weighted by molar-refractivity contribution is 5.77. The van der Waals surface area contributed by atoms with Gasteiger partial charge in [0, 0.05) is 51.8 Å². The van der Waals surface area contributed by atoms with Crippen molar-refractivity contribution in [3.63, 3.8) is 0 Å². The Bertz CT molecular complexity index is 681. The molecule has 0 aromatic carbocycles. The zero-order valence-electron chi connectivity index (χ0n) is 17.3. The Morgan fingerprint density at radius 1 is 1.26 bits per heavy atom. The molecule has 1 aromatic rings. The number of nitrogens with one attached hydrogen (secondary N) is 1. The highest BCUT2D eigenvalue weighted by Crippen LogP contribution is 2.47. The maximum atomic E-state index is 12.2. The number of aromatic nitrogens is 2. The minimum absolute atomic E-state index is 0.0706. The minimum atomic E-state index is 0.0706. The number of amides is 1. The Morgan fingerprint density at radius 3 is 2.56 bits per heavy atom. The van der Waals surface area contributed by atoms with E-state index >= 15 is 0 Å². The van der Waals surface area contributed by atoms with Gasteiger partial charge < -0.3 is 19.9 Å². The van der Waals surface area contributed by atoms with Gasteiger partial charge >= 0.3 is 0 Å². The van der Waals surface area contributed by atoms with E-state index in [1.807, 2.05) is 23.9 Å². The molecule has 1 aliphatic carbocycles. The Kier molecular flexibility index (Phi) is 5.89. The minimum Gasteiger partial charge on any atom is -0.375 e. The number of ether oxygens (including phenoxy) is 1. The molecule has 1 aromatic heterocycles. The first-order valence-electron chi connectivity index (χ1n) is 9.95. The van der Waals surface area contributed by atoms with Crippen molar-refractivity contribution in [3.05, 3.63) is 11.3 Å². The predicted octanol–water partition coefficient (Wildman–Crippen LogP) is 2.06. The molecule has 2 aliphatic rings. The molecule has 7 nitrogen and oxygen atoms in total. The first kappa shape index (κ1) is 19.9. The lowest BCUT2D eigenvalue weighted by molar-refractivity contribution is -0.136. The van der Waals surface area contributed by atoms with Gasteiger partial charge in [0.05, 0.1) is 5.69 Å². The summed E-state index contributed by atoms with van der Waals surface area (Å²) >= 11 is 0. The molecule has 1 fully saturated rings. The van der Waals surface area contributed by atoms with Gasteiger partial charge in [-0.15, -0.1) is 0 Å². The van der Waals surface area contributed by atoms with E-state index in [1.54, 1.807) is 7.11 Å². The molecule has 7 heteroatoms. The molecule has 0 unspecified atom stereocenters. The number of hydrogen-bond donors (Lipinski definition) is 1. The second kappa shape index (κ2) is 8.00. The van der Waals surface area contributed by atoms with Crippen molar-refractivity contribution in [1.82, 2.24) is 14.9 Å². The van der Waals surface area contributed by atoms with E-state index in [9.17, 15) is 4.79 Å². The number of nitrogens with zero attached hydrogens (tertiary/aromatic N) is 4. The van der Waals surface area contributed by atoms with Gasteiger partial charge in [0.2, 0.25) is 11.9 Å². The van der Waals surface area contributed by atoms with Gasteiger partial charge in [-0.05, 0) is 31.6 Å². The summed E-state index contributed by atoms with van der Waals surface area (Å²) in [6.45, 7) is 7.03. The van der Waals surface area contributed by atoms with Gasteiger partial charge in [-0.3, -0.25) is 4.79 Å². The normalized spacial score (nSPS) is 18.1. The second-order valence-corrected chi connectivity index (χ2v) is 8.46. The molecule has 27 heavy (non-hydrogen) atoms. The molecule has 1 saturated heterocycles. The van der Waals surface area contributed by atoms with E-state index in [0.29, 0.717) is 5.92 Å². The number of rotatable bonds is 6. The van der Waals surface area contributed by atoms with Crippen LogP contribution in [0.1, 0.15) is 44.4 Å². The number of hydrogen-bond acceptors (Lipinski definition) is 6. The summed E-state index contributed by atoms with van der Waals surface area (Å²) in [7, 11) is 5.55. The van der Waals surface area contributed by atoms with E-state index in [0.717, 1.165) is 57.1 Å². The smallest absolute Gasteiger partial charge is 0.248 e. The van der Waals surface area contributed by atoms with Crippen LogP contribution in [0.25, 0.3) is 0 Å². The van der Waals surface area contributed by atoms with Crippen LogP contribution in [0.3, 0.4) is 0 Å². The van der Waals surface area contributed by atoms with Crippen LogP contribution in [0.2, 0.25) is 0 Å². The Hall–Kier alpha value is -1.89. The van der Waals surface area contributed by atoms with Crippen molar-refractivity contribution in [2.24, 2.45) is 5.92 Å². The largest absolute Gasteiger partial charge is 0.375 e. The van der Waals surface area contributed by atoms with Crippen LogP contribution in [0.5, 0.6) is 0 Å². The first-order chi connectivity index (χ1) is 12.9. The fraction of sp³-hybridized carbons (Fsp3) is 0.750. The molecule has 150 valence electrons. The fourth-order valence-corrected chi connectivity index (χ4v) is 4.16. The van der Waals surface area contributed by atoms with E-state index in [1.165, 1.54) is 11.3 Å². The molecular weight excluding hydrogens is 342 g/mol. The Labute approximate surface area is 162 Å². The number of anilines is 2. The SMILES string of the molecule is COCC(=O)N1CCC2(CCc3c(NCC(C)C)nc(N(C)C)nc32)CC1. The van der Waals surface area contributed by atoms with Crippen LogP contribution < -0.4 is 10.2 Å². The van der Waals surface area contributed by atoms with Crippen LogP contribution in [-0.2, 0) is 21.4 Å². The average molecular weight is 376 g/mol. The third-order valence-corrected chi connectivity index (χ3v) is 5.77. The molecule has 1 spiro atoms. The summed E-state index contributed by atoms with van der Waals surface area (Å²) in [5.74, 6) is 2.40.